The van der Waals surface area contributed by atoms with E-state index in [0.717, 1.165) is 20.2 Å². The lowest BCUT2D eigenvalue weighted by molar-refractivity contribution is 0.789. The van der Waals surface area contributed by atoms with Crippen molar-refractivity contribution >= 4 is 43.2 Å². The first-order valence-corrected chi connectivity index (χ1v) is 7.53. The van der Waals surface area contributed by atoms with Gasteiger partial charge in [0, 0.05) is 25.9 Å². The van der Waals surface area contributed by atoms with Crippen molar-refractivity contribution in [1.82, 2.24) is 20.2 Å². The molecule has 0 atom stereocenters. The molecule has 0 fully saturated rings. The minimum Gasteiger partial charge on any atom is -0.399 e. The Morgan fingerprint density at radius 1 is 0.952 bits per heavy atom. The molecule has 1 aromatic heterocycles. The van der Waals surface area contributed by atoms with Crippen molar-refractivity contribution in [2.24, 2.45) is 0 Å². The molecule has 3 rings (SSSR count). The Balaban J connectivity index is 2.17. The predicted octanol–water partition coefficient (Wildman–Crippen LogP) is 3.02. The monoisotopic (exact) mass is 408 g/mol. The molecule has 21 heavy (non-hydrogen) atoms. The number of benzene rings is 2. The fourth-order valence-corrected chi connectivity index (χ4v) is 3.20. The smallest absolute Gasteiger partial charge is 0.187 e. The first-order valence-electron chi connectivity index (χ1n) is 5.95. The van der Waals surface area contributed by atoms with E-state index in [1.165, 1.54) is 0 Å². The van der Waals surface area contributed by atoms with E-state index in [1.807, 2.05) is 18.2 Å². The Morgan fingerprint density at radius 3 is 2.33 bits per heavy atom. The number of nitrogens with zero attached hydrogens (tertiary/aromatic N) is 4. The lowest BCUT2D eigenvalue weighted by Gasteiger charge is -2.08. The van der Waals surface area contributed by atoms with Crippen LogP contribution in [-0.2, 0) is 0 Å². The molecular formula is C13H10Br2N6. The van der Waals surface area contributed by atoms with Gasteiger partial charge in [-0.25, -0.2) is 0 Å². The normalized spacial score (nSPS) is 10.8. The number of anilines is 2. The van der Waals surface area contributed by atoms with E-state index < -0.39 is 0 Å². The van der Waals surface area contributed by atoms with Crippen LogP contribution < -0.4 is 11.5 Å². The van der Waals surface area contributed by atoms with Crippen LogP contribution in [0.4, 0.5) is 11.4 Å². The second-order valence-corrected chi connectivity index (χ2v) is 6.17. The molecule has 4 N–H and O–H groups in total. The van der Waals surface area contributed by atoms with Crippen LogP contribution in [0.15, 0.2) is 45.3 Å². The van der Waals surface area contributed by atoms with Gasteiger partial charge in [-0.2, -0.15) is 4.68 Å². The number of tetrazole rings is 1. The number of aromatic nitrogens is 4. The van der Waals surface area contributed by atoms with Gasteiger partial charge < -0.3 is 11.5 Å². The molecular weight excluding hydrogens is 400 g/mol. The van der Waals surface area contributed by atoms with Gasteiger partial charge in [0.15, 0.2) is 5.82 Å². The first-order chi connectivity index (χ1) is 10.0. The van der Waals surface area contributed by atoms with Crippen molar-refractivity contribution in [3.8, 4) is 17.1 Å². The Labute approximate surface area is 137 Å². The summed E-state index contributed by atoms with van der Waals surface area (Å²) in [7, 11) is 0. The van der Waals surface area contributed by atoms with Crippen molar-refractivity contribution in [3.05, 3.63) is 45.3 Å². The zero-order chi connectivity index (χ0) is 15.0. The highest BCUT2D eigenvalue weighted by Gasteiger charge is 2.14. The number of hydrogen-bond donors (Lipinski definition) is 2. The summed E-state index contributed by atoms with van der Waals surface area (Å²) in [6.07, 6.45) is 0. The molecule has 1 heterocycles. The Kier molecular flexibility index (Phi) is 3.64. The second kappa shape index (κ2) is 5.45. The molecule has 106 valence electrons. The maximum Gasteiger partial charge on any atom is 0.187 e. The third-order valence-electron chi connectivity index (χ3n) is 2.84. The molecule has 6 nitrogen and oxygen atoms in total. The highest BCUT2D eigenvalue weighted by molar-refractivity contribution is 9.11. The molecule has 0 amide bonds. The van der Waals surface area contributed by atoms with Crippen LogP contribution in [0.1, 0.15) is 0 Å². The molecule has 0 saturated carbocycles. The molecule has 0 saturated heterocycles. The van der Waals surface area contributed by atoms with Crippen molar-refractivity contribution in [2.45, 2.75) is 0 Å². The van der Waals surface area contributed by atoms with E-state index >= 15 is 0 Å². The summed E-state index contributed by atoms with van der Waals surface area (Å²) in [6.45, 7) is 0. The van der Waals surface area contributed by atoms with Crippen LogP contribution in [0.3, 0.4) is 0 Å². The zero-order valence-electron chi connectivity index (χ0n) is 10.7. The third-order valence-corrected chi connectivity index (χ3v) is 3.97. The molecule has 0 radical (unpaired) electrons. The summed E-state index contributed by atoms with van der Waals surface area (Å²) in [5, 5.41) is 11.9. The molecule has 0 aliphatic carbocycles. The van der Waals surface area contributed by atoms with Crippen LogP contribution in [-0.4, -0.2) is 20.2 Å². The van der Waals surface area contributed by atoms with Crippen LogP contribution in [0.2, 0.25) is 0 Å². The molecule has 0 bridgehead atoms. The number of hydrogen-bond acceptors (Lipinski definition) is 5. The zero-order valence-corrected chi connectivity index (χ0v) is 13.8. The molecule has 0 spiro atoms. The van der Waals surface area contributed by atoms with Crippen LogP contribution in [0.25, 0.3) is 17.1 Å². The summed E-state index contributed by atoms with van der Waals surface area (Å²) in [5.74, 6) is 0.567. The lowest BCUT2D eigenvalue weighted by Crippen LogP contribution is -2.02. The average molecular weight is 410 g/mol. The van der Waals surface area contributed by atoms with E-state index in [9.17, 15) is 0 Å². The average Bonchev–Trinajstić information content (AvgIpc) is 2.86. The quantitative estimate of drug-likeness (QED) is 0.634. The molecule has 3 aromatic rings. The first kappa shape index (κ1) is 14.0. The van der Waals surface area contributed by atoms with E-state index in [2.05, 4.69) is 47.4 Å². The van der Waals surface area contributed by atoms with E-state index in [0.29, 0.717) is 17.2 Å². The summed E-state index contributed by atoms with van der Waals surface area (Å²) in [4.78, 5) is 0. The number of rotatable bonds is 2. The van der Waals surface area contributed by atoms with E-state index in [-0.39, 0.29) is 0 Å². The highest BCUT2D eigenvalue weighted by atomic mass is 79.9. The van der Waals surface area contributed by atoms with Gasteiger partial charge in [-0.05, 0) is 62.8 Å². The number of halogens is 2. The maximum absolute atomic E-state index is 5.83. The Hall–Kier alpha value is -1.93. The van der Waals surface area contributed by atoms with Gasteiger partial charge in [0.1, 0.15) is 0 Å². The van der Waals surface area contributed by atoms with E-state index in [4.69, 9.17) is 11.5 Å². The molecule has 2 aromatic carbocycles. The van der Waals surface area contributed by atoms with Crippen LogP contribution in [0.5, 0.6) is 0 Å². The predicted molar refractivity (Wildman–Crippen MR) is 88.8 cm³/mol. The second-order valence-electron chi connectivity index (χ2n) is 4.40. The van der Waals surface area contributed by atoms with Gasteiger partial charge in [0.25, 0.3) is 0 Å². The third kappa shape index (κ3) is 2.77. The van der Waals surface area contributed by atoms with Crippen molar-refractivity contribution < 1.29 is 0 Å². The molecule has 0 aliphatic heterocycles. The Bertz CT molecular complexity index is 794. The summed E-state index contributed by atoms with van der Waals surface area (Å²) in [5.41, 5.74) is 14.4. The number of nitrogen functional groups attached to an aromatic ring is 2. The van der Waals surface area contributed by atoms with Gasteiger partial charge in [-0.15, -0.1) is 5.10 Å². The summed E-state index contributed by atoms with van der Waals surface area (Å²) >= 11 is 6.93. The van der Waals surface area contributed by atoms with Crippen molar-refractivity contribution in [1.29, 1.82) is 0 Å². The van der Waals surface area contributed by atoms with Crippen LogP contribution >= 0.6 is 31.9 Å². The Morgan fingerprint density at radius 2 is 1.67 bits per heavy atom. The fraction of sp³-hybridized carbons (Fsp3) is 0. The van der Waals surface area contributed by atoms with Gasteiger partial charge in [0.2, 0.25) is 0 Å². The van der Waals surface area contributed by atoms with Crippen molar-refractivity contribution in [3.63, 3.8) is 0 Å². The highest BCUT2D eigenvalue weighted by Crippen LogP contribution is 2.29. The van der Waals surface area contributed by atoms with Crippen molar-refractivity contribution in [2.75, 3.05) is 11.5 Å². The topological polar surface area (TPSA) is 95.6 Å². The molecule has 8 heteroatoms. The number of nitrogens with two attached hydrogens (primary N) is 2. The SMILES string of the molecule is Nc1cc(N)cc(-c2nnnn2-c2ccc(Br)cc2Br)c1. The lowest BCUT2D eigenvalue weighted by atomic mass is 10.1. The largest absolute Gasteiger partial charge is 0.399 e. The maximum atomic E-state index is 5.83. The summed E-state index contributed by atoms with van der Waals surface area (Å²) in [6, 6.07) is 11.0. The standard InChI is InChI=1S/C13H10Br2N6/c14-8-1-2-12(11(15)5-8)21-13(18-19-20-21)7-3-9(16)6-10(17)4-7/h1-6H,16-17H2. The van der Waals surface area contributed by atoms with Gasteiger partial charge in [-0.1, -0.05) is 15.9 Å². The van der Waals surface area contributed by atoms with E-state index in [1.54, 1.807) is 22.9 Å². The van der Waals surface area contributed by atoms with Gasteiger partial charge in [0.05, 0.1) is 5.69 Å². The fourth-order valence-electron chi connectivity index (χ4n) is 1.99. The molecule has 0 unspecified atom stereocenters. The molecule has 0 aliphatic rings. The summed E-state index contributed by atoms with van der Waals surface area (Å²) < 4.78 is 3.45. The van der Waals surface area contributed by atoms with Gasteiger partial charge in [-0.3, -0.25) is 0 Å². The van der Waals surface area contributed by atoms with Gasteiger partial charge >= 0.3 is 0 Å². The van der Waals surface area contributed by atoms with Crippen LogP contribution in [0, 0.1) is 0 Å². The minimum atomic E-state index is 0.564. The minimum absolute atomic E-state index is 0.564.